The maximum Gasteiger partial charge on any atom is 0.339 e. The van der Waals surface area contributed by atoms with Gasteiger partial charge in [0, 0.05) is 22.7 Å². The number of thioether (sulfide) groups is 1. The smallest absolute Gasteiger partial charge is 0.339 e. The second-order valence-electron chi connectivity index (χ2n) is 11.5. The lowest BCUT2D eigenvalue weighted by atomic mass is 9.44. The Hall–Kier alpha value is -2.39. The van der Waals surface area contributed by atoms with Gasteiger partial charge in [-0.25, -0.2) is 18.0 Å². The highest BCUT2D eigenvalue weighted by atomic mass is 32.2. The standard InChI is InChI=1S/C29H31F3O5S/c1-16-11-19-20-13-22(31)21-12-18(33)9-10-26(21,2)28(20,32)23(34)14-27(19,3)29(16,25(36)38-15-30)37-24(35)17-7-5-4-6-8-17/h4-10,12,16,19-20,22-23,34H,11,13-15H2,1-3H3/t16-,19+,20+,22+,23+,26+,27+,28+,29+/m1/s1. The molecule has 0 aromatic heterocycles. The topological polar surface area (TPSA) is 80.7 Å². The van der Waals surface area contributed by atoms with Crippen LogP contribution in [0.3, 0.4) is 0 Å². The monoisotopic (exact) mass is 548 g/mol. The molecule has 0 saturated heterocycles. The molecule has 5 rings (SSSR count). The van der Waals surface area contributed by atoms with Gasteiger partial charge in [-0.3, -0.25) is 9.59 Å². The van der Waals surface area contributed by atoms with Gasteiger partial charge < -0.3 is 9.84 Å². The number of benzene rings is 1. The van der Waals surface area contributed by atoms with Crippen LogP contribution in [-0.2, 0) is 14.3 Å². The third kappa shape index (κ3) is 3.39. The van der Waals surface area contributed by atoms with Gasteiger partial charge in [-0.2, -0.15) is 0 Å². The second-order valence-corrected chi connectivity index (χ2v) is 12.4. The summed E-state index contributed by atoms with van der Waals surface area (Å²) in [5.74, 6) is -3.59. The van der Waals surface area contributed by atoms with E-state index >= 15 is 8.78 Å². The zero-order chi connectivity index (χ0) is 27.7. The van der Waals surface area contributed by atoms with Crippen molar-refractivity contribution >= 4 is 28.6 Å². The number of alkyl halides is 3. The first-order valence-corrected chi connectivity index (χ1v) is 13.8. The third-order valence-corrected chi connectivity index (χ3v) is 10.6. The van der Waals surface area contributed by atoms with Crippen LogP contribution in [0.15, 0.2) is 54.1 Å². The number of ketones is 1. The fraction of sp³-hybridized carbons (Fsp3) is 0.552. The molecule has 9 atom stereocenters. The van der Waals surface area contributed by atoms with Crippen LogP contribution in [0, 0.1) is 28.6 Å². The van der Waals surface area contributed by atoms with Crippen molar-refractivity contribution in [2.45, 2.75) is 63.6 Å². The van der Waals surface area contributed by atoms with E-state index in [1.54, 1.807) is 32.0 Å². The van der Waals surface area contributed by atoms with Gasteiger partial charge in [-0.15, -0.1) is 0 Å². The Morgan fingerprint density at radius 3 is 2.50 bits per heavy atom. The van der Waals surface area contributed by atoms with Gasteiger partial charge >= 0.3 is 5.97 Å². The molecule has 0 amide bonds. The molecule has 0 bridgehead atoms. The van der Waals surface area contributed by atoms with Crippen molar-refractivity contribution in [3.8, 4) is 0 Å². The predicted octanol–water partition coefficient (Wildman–Crippen LogP) is 5.33. The molecule has 0 aliphatic heterocycles. The number of allylic oxidation sites excluding steroid dienone is 4. The number of fused-ring (bicyclic) bond motifs is 5. The van der Waals surface area contributed by atoms with Crippen molar-refractivity contribution in [2.24, 2.45) is 28.6 Å². The van der Waals surface area contributed by atoms with Crippen LogP contribution in [0.1, 0.15) is 50.4 Å². The average molecular weight is 549 g/mol. The van der Waals surface area contributed by atoms with Gasteiger partial charge in [0.1, 0.15) is 12.2 Å². The largest absolute Gasteiger partial charge is 0.446 e. The van der Waals surface area contributed by atoms with Crippen molar-refractivity contribution in [1.82, 2.24) is 0 Å². The number of hydrogen-bond donors (Lipinski definition) is 1. The molecular formula is C29H31F3O5S. The Morgan fingerprint density at radius 1 is 1.16 bits per heavy atom. The lowest BCUT2D eigenvalue weighted by Gasteiger charge is -2.63. The van der Waals surface area contributed by atoms with E-state index in [4.69, 9.17) is 4.74 Å². The molecular weight excluding hydrogens is 517 g/mol. The number of aliphatic hydroxyl groups excluding tert-OH is 1. The molecule has 4 aliphatic rings. The van der Waals surface area contributed by atoms with Crippen molar-refractivity contribution in [1.29, 1.82) is 0 Å². The molecule has 0 heterocycles. The highest BCUT2D eigenvalue weighted by Crippen LogP contribution is 2.72. The Morgan fingerprint density at radius 2 is 1.84 bits per heavy atom. The van der Waals surface area contributed by atoms with Crippen molar-refractivity contribution in [3.63, 3.8) is 0 Å². The zero-order valence-electron chi connectivity index (χ0n) is 21.5. The molecule has 1 N–H and O–H groups in total. The minimum atomic E-state index is -2.34. The summed E-state index contributed by atoms with van der Waals surface area (Å²) in [5, 5.41) is 10.8. The van der Waals surface area contributed by atoms with Crippen molar-refractivity contribution in [2.75, 3.05) is 6.01 Å². The lowest BCUT2D eigenvalue weighted by Crippen LogP contribution is -2.70. The molecule has 1 aromatic carbocycles. The quantitative estimate of drug-likeness (QED) is 0.512. The van der Waals surface area contributed by atoms with Gasteiger partial charge in [-0.1, -0.05) is 38.1 Å². The fourth-order valence-electron chi connectivity index (χ4n) is 8.15. The van der Waals surface area contributed by atoms with Crippen LogP contribution in [0.4, 0.5) is 13.2 Å². The van der Waals surface area contributed by atoms with E-state index in [0.29, 0.717) is 11.8 Å². The van der Waals surface area contributed by atoms with Crippen molar-refractivity contribution in [3.05, 3.63) is 59.7 Å². The van der Waals surface area contributed by atoms with Gasteiger partial charge in [0.25, 0.3) is 0 Å². The van der Waals surface area contributed by atoms with Crippen LogP contribution in [0.5, 0.6) is 0 Å². The maximum absolute atomic E-state index is 17.4. The number of hydrogen-bond acceptors (Lipinski definition) is 6. The highest BCUT2D eigenvalue weighted by molar-refractivity contribution is 8.13. The van der Waals surface area contributed by atoms with Gasteiger partial charge in [0.05, 0.1) is 11.7 Å². The first-order valence-electron chi connectivity index (χ1n) is 12.8. The summed E-state index contributed by atoms with van der Waals surface area (Å²) in [7, 11) is 0. The van der Waals surface area contributed by atoms with E-state index in [2.05, 4.69) is 0 Å². The van der Waals surface area contributed by atoms with E-state index in [0.717, 1.165) is 6.08 Å². The molecule has 0 radical (unpaired) electrons. The van der Waals surface area contributed by atoms with Crippen LogP contribution >= 0.6 is 11.8 Å². The lowest BCUT2D eigenvalue weighted by molar-refractivity contribution is -0.221. The van der Waals surface area contributed by atoms with Crippen molar-refractivity contribution < 1.29 is 37.4 Å². The SMILES string of the molecule is C[C@@H]1C[C@H]2[C@@H]3C[C@H](F)C4=CC(=O)C=C[C@]4(C)[C@@]3(F)[C@@H](O)C[C@]2(C)[C@@]1(OC(=O)c1ccccc1)C(=O)SCF. The molecule has 204 valence electrons. The van der Waals surface area contributed by atoms with Crippen LogP contribution in [-0.4, -0.2) is 51.5 Å². The number of esters is 1. The Balaban J connectivity index is 1.63. The molecule has 38 heavy (non-hydrogen) atoms. The second kappa shape index (κ2) is 9.08. The molecule has 1 aromatic rings. The maximum atomic E-state index is 17.4. The minimum Gasteiger partial charge on any atom is -0.446 e. The van der Waals surface area contributed by atoms with E-state index in [9.17, 15) is 23.9 Å². The van der Waals surface area contributed by atoms with Crippen LogP contribution in [0.2, 0.25) is 0 Å². The average Bonchev–Trinajstić information content (AvgIpc) is 3.10. The summed E-state index contributed by atoms with van der Waals surface area (Å²) in [6.45, 7) is 4.87. The van der Waals surface area contributed by atoms with E-state index < -0.39 is 75.0 Å². The summed E-state index contributed by atoms with van der Waals surface area (Å²) >= 11 is 0.380. The number of rotatable bonds is 4. The molecule has 0 unspecified atom stereocenters. The van der Waals surface area contributed by atoms with E-state index in [1.807, 2.05) is 0 Å². The number of carbonyl (C=O) groups is 3. The molecule has 5 nitrogen and oxygen atoms in total. The summed E-state index contributed by atoms with van der Waals surface area (Å²) in [6.07, 6.45) is 0.0121. The molecule has 3 saturated carbocycles. The minimum absolute atomic E-state index is 0.00304. The summed E-state index contributed by atoms with van der Waals surface area (Å²) in [4.78, 5) is 39.0. The summed E-state index contributed by atoms with van der Waals surface area (Å²) < 4.78 is 52.7. The Kier molecular flexibility index (Phi) is 6.50. The van der Waals surface area contributed by atoms with Gasteiger partial charge in [-0.05, 0) is 73.7 Å². The highest BCUT2D eigenvalue weighted by Gasteiger charge is 2.78. The number of aliphatic hydroxyl groups is 1. The van der Waals surface area contributed by atoms with Crippen LogP contribution < -0.4 is 0 Å². The zero-order valence-corrected chi connectivity index (χ0v) is 22.3. The normalized spacial score (nSPS) is 43.5. The Labute approximate surface area is 223 Å². The van der Waals surface area contributed by atoms with Crippen LogP contribution in [0.25, 0.3) is 0 Å². The molecule has 0 spiro atoms. The molecule has 9 heteroatoms. The number of ether oxygens (including phenoxy) is 1. The first-order chi connectivity index (χ1) is 17.9. The summed E-state index contributed by atoms with van der Waals surface area (Å²) in [5.41, 5.74) is -6.88. The Bertz CT molecular complexity index is 1240. The summed E-state index contributed by atoms with van der Waals surface area (Å²) in [6, 6.07) is 7.02. The van der Waals surface area contributed by atoms with Gasteiger partial charge in [0.2, 0.25) is 5.12 Å². The predicted molar refractivity (Wildman–Crippen MR) is 136 cm³/mol. The number of carbonyl (C=O) groups excluding carboxylic acids is 3. The third-order valence-electron chi connectivity index (χ3n) is 9.92. The number of halogens is 3. The van der Waals surface area contributed by atoms with Gasteiger partial charge in [0.15, 0.2) is 17.1 Å². The molecule has 3 fully saturated rings. The molecule has 4 aliphatic carbocycles. The fourth-order valence-corrected chi connectivity index (χ4v) is 8.94. The first kappa shape index (κ1) is 27.2. The van der Waals surface area contributed by atoms with E-state index in [1.165, 1.54) is 31.2 Å². The van der Waals surface area contributed by atoms with E-state index in [-0.39, 0.29) is 30.4 Å².